The molecule has 0 aromatic rings. The molecule has 2 fully saturated rings. The first-order valence-electron chi connectivity index (χ1n) is 9.52. The smallest absolute Gasteiger partial charge is 0.0904 e. The molecule has 0 aromatic carbocycles. The van der Waals surface area contributed by atoms with Crippen LogP contribution in [-0.2, 0) is 0 Å². The second kappa shape index (κ2) is 7.09. The fourth-order valence-electron chi connectivity index (χ4n) is 4.75. The molecule has 1 aliphatic heterocycles. The van der Waals surface area contributed by atoms with Gasteiger partial charge in [0, 0.05) is 0 Å². The Balaban J connectivity index is 1.80. The molecule has 0 atom stereocenters. The highest BCUT2D eigenvalue weighted by Crippen LogP contribution is 2.38. The van der Waals surface area contributed by atoms with Gasteiger partial charge in [-0.15, -0.1) is 0 Å². The summed E-state index contributed by atoms with van der Waals surface area (Å²) in [6.45, 7) is 0. The number of aliphatic imine (C=N–C) groups is 2. The van der Waals surface area contributed by atoms with Gasteiger partial charge in [0.05, 0.1) is 17.1 Å². The maximum absolute atomic E-state index is 4.95. The summed E-state index contributed by atoms with van der Waals surface area (Å²) in [6, 6.07) is 3.25. The lowest BCUT2D eigenvalue weighted by Gasteiger charge is -2.33. The Morgan fingerprint density at radius 1 is 0.429 bits per heavy atom. The molecular weight excluding hydrogens is 256 g/mol. The monoisotopic (exact) mass is 288 g/mol. The van der Waals surface area contributed by atoms with Crippen LogP contribution in [0.4, 0.5) is 0 Å². The van der Waals surface area contributed by atoms with E-state index in [4.69, 9.17) is 9.98 Å². The molecule has 0 N–H and O–H groups in total. The zero-order valence-corrected chi connectivity index (χ0v) is 13.7. The summed E-state index contributed by atoms with van der Waals surface area (Å²) in [5.41, 5.74) is 0.421. The summed E-state index contributed by atoms with van der Waals surface area (Å²) in [5, 5.41) is 0. The molecule has 21 heavy (non-hydrogen) atoms. The lowest BCUT2D eigenvalue weighted by molar-refractivity contribution is 0.271. The Kier molecular flexibility index (Phi) is 5.16. The van der Waals surface area contributed by atoms with E-state index in [1.54, 1.807) is 0 Å². The average Bonchev–Trinajstić information content (AvgIpc) is 2.55. The van der Waals surface area contributed by atoms with E-state index in [2.05, 4.69) is 6.01 Å². The standard InChI is InChI=1S/C19H32N2/c1-2-6-12-19(15-9-4-10-16-19)21-17-20-18(11-5-1)13-7-3-8-14-18/h1-16H2. The topological polar surface area (TPSA) is 24.7 Å². The van der Waals surface area contributed by atoms with E-state index in [0.717, 1.165) is 0 Å². The highest BCUT2D eigenvalue weighted by Gasteiger charge is 2.33. The first kappa shape index (κ1) is 15.3. The van der Waals surface area contributed by atoms with E-state index >= 15 is 0 Å². The van der Waals surface area contributed by atoms with Crippen molar-refractivity contribution in [3.05, 3.63) is 0 Å². The first-order valence-corrected chi connectivity index (χ1v) is 9.52. The van der Waals surface area contributed by atoms with E-state index < -0.39 is 0 Å². The Bertz CT molecular complexity index is 346. The summed E-state index contributed by atoms with van der Waals surface area (Å²) >= 11 is 0. The number of nitrogens with zero attached hydrogens (tertiary/aromatic N) is 2. The molecule has 0 amide bonds. The van der Waals surface area contributed by atoms with Gasteiger partial charge in [0.1, 0.15) is 0 Å². The van der Waals surface area contributed by atoms with Crippen molar-refractivity contribution in [2.75, 3.05) is 0 Å². The average molecular weight is 288 g/mol. The summed E-state index contributed by atoms with van der Waals surface area (Å²) in [5.74, 6) is 0. The third kappa shape index (κ3) is 3.97. The van der Waals surface area contributed by atoms with Gasteiger partial charge in [-0.1, -0.05) is 64.2 Å². The van der Waals surface area contributed by atoms with Crippen molar-refractivity contribution in [1.29, 1.82) is 0 Å². The predicted molar refractivity (Wildman–Crippen MR) is 89.2 cm³/mol. The fourth-order valence-corrected chi connectivity index (χ4v) is 4.75. The molecule has 118 valence electrons. The van der Waals surface area contributed by atoms with E-state index in [1.807, 2.05) is 0 Å². The van der Waals surface area contributed by atoms with Gasteiger partial charge in [-0.25, -0.2) is 9.98 Å². The molecule has 2 saturated carbocycles. The van der Waals surface area contributed by atoms with Crippen molar-refractivity contribution in [3.8, 4) is 0 Å². The van der Waals surface area contributed by atoms with Crippen molar-refractivity contribution in [2.24, 2.45) is 9.98 Å². The Morgan fingerprint density at radius 3 is 1.05 bits per heavy atom. The molecule has 2 spiro atoms. The molecule has 0 unspecified atom stereocenters. The van der Waals surface area contributed by atoms with Crippen LogP contribution in [0.15, 0.2) is 9.98 Å². The van der Waals surface area contributed by atoms with Crippen LogP contribution in [0.1, 0.15) is 103 Å². The molecule has 3 rings (SSSR count). The van der Waals surface area contributed by atoms with Crippen molar-refractivity contribution in [3.63, 3.8) is 0 Å². The molecule has 0 saturated heterocycles. The normalized spacial score (nSPS) is 29.3. The minimum absolute atomic E-state index is 0.210. The van der Waals surface area contributed by atoms with Gasteiger partial charge in [-0.2, -0.15) is 0 Å². The highest BCUT2D eigenvalue weighted by atomic mass is 14.9. The van der Waals surface area contributed by atoms with Gasteiger partial charge in [0.2, 0.25) is 0 Å². The van der Waals surface area contributed by atoms with Gasteiger partial charge in [0.15, 0.2) is 0 Å². The number of rotatable bonds is 0. The van der Waals surface area contributed by atoms with Gasteiger partial charge in [0.25, 0.3) is 0 Å². The van der Waals surface area contributed by atoms with Crippen LogP contribution >= 0.6 is 0 Å². The van der Waals surface area contributed by atoms with E-state index in [0.29, 0.717) is 0 Å². The van der Waals surface area contributed by atoms with E-state index in [1.165, 1.54) is 103 Å². The zero-order valence-electron chi connectivity index (χ0n) is 13.7. The van der Waals surface area contributed by atoms with Crippen LogP contribution in [0.3, 0.4) is 0 Å². The molecule has 0 bridgehead atoms. The number of hydrogen-bond donors (Lipinski definition) is 0. The van der Waals surface area contributed by atoms with Crippen LogP contribution < -0.4 is 0 Å². The lowest BCUT2D eigenvalue weighted by Crippen LogP contribution is -2.30. The second-order valence-corrected chi connectivity index (χ2v) is 7.81. The third-order valence-corrected chi connectivity index (χ3v) is 6.18. The van der Waals surface area contributed by atoms with Crippen molar-refractivity contribution >= 4 is 6.01 Å². The summed E-state index contributed by atoms with van der Waals surface area (Å²) < 4.78 is 0. The van der Waals surface area contributed by atoms with Gasteiger partial charge in [-0.3, -0.25) is 0 Å². The van der Waals surface area contributed by atoms with Crippen LogP contribution in [-0.4, -0.2) is 17.1 Å². The molecule has 2 aliphatic carbocycles. The molecular formula is C19H32N2. The van der Waals surface area contributed by atoms with Crippen molar-refractivity contribution in [2.45, 2.75) is 114 Å². The van der Waals surface area contributed by atoms with Crippen LogP contribution in [0.2, 0.25) is 0 Å². The first-order chi connectivity index (χ1) is 10.3. The van der Waals surface area contributed by atoms with E-state index in [9.17, 15) is 0 Å². The van der Waals surface area contributed by atoms with Crippen LogP contribution in [0, 0.1) is 0 Å². The maximum atomic E-state index is 4.95. The Hall–Kier alpha value is -0.620. The maximum Gasteiger partial charge on any atom is 0.0904 e. The molecule has 0 radical (unpaired) electrons. The van der Waals surface area contributed by atoms with Gasteiger partial charge < -0.3 is 0 Å². The molecule has 3 aliphatic rings. The largest absolute Gasteiger partial charge is 0.219 e. The summed E-state index contributed by atoms with van der Waals surface area (Å²) in [4.78, 5) is 9.90. The van der Waals surface area contributed by atoms with Crippen molar-refractivity contribution < 1.29 is 0 Å². The lowest BCUT2D eigenvalue weighted by atomic mass is 9.78. The Labute approximate surface area is 130 Å². The van der Waals surface area contributed by atoms with E-state index in [-0.39, 0.29) is 11.1 Å². The van der Waals surface area contributed by atoms with Crippen LogP contribution in [0.25, 0.3) is 0 Å². The van der Waals surface area contributed by atoms with Crippen LogP contribution in [0.5, 0.6) is 0 Å². The second-order valence-electron chi connectivity index (χ2n) is 7.81. The predicted octanol–water partition coefficient (Wildman–Crippen LogP) is 5.92. The minimum atomic E-state index is 0.210. The molecule has 1 heterocycles. The summed E-state index contributed by atoms with van der Waals surface area (Å²) in [7, 11) is 0. The number of hydrogen-bond acceptors (Lipinski definition) is 2. The SMILES string of the molecule is C1=NC2(CCCCCCC3(CCCCC3)N=1)CCCCC2. The highest BCUT2D eigenvalue weighted by molar-refractivity contribution is 5.44. The quantitative estimate of drug-likeness (QED) is 0.528. The third-order valence-electron chi connectivity index (χ3n) is 6.18. The molecule has 2 heteroatoms. The molecule has 0 aromatic heterocycles. The minimum Gasteiger partial charge on any atom is -0.219 e. The van der Waals surface area contributed by atoms with Gasteiger partial charge in [-0.05, 0) is 38.5 Å². The van der Waals surface area contributed by atoms with Crippen molar-refractivity contribution in [1.82, 2.24) is 0 Å². The van der Waals surface area contributed by atoms with Gasteiger partial charge >= 0.3 is 0 Å². The zero-order chi connectivity index (χ0) is 14.4. The molecule has 2 nitrogen and oxygen atoms in total. The summed E-state index contributed by atoms with van der Waals surface area (Å²) in [6.07, 6.45) is 21.4. The fraction of sp³-hybridized carbons (Fsp3) is 0.947. The Morgan fingerprint density at radius 2 is 0.714 bits per heavy atom.